The molecule has 27 heavy (non-hydrogen) atoms. The van der Waals surface area contributed by atoms with Crippen molar-refractivity contribution in [1.82, 2.24) is 14.9 Å². The van der Waals surface area contributed by atoms with Gasteiger partial charge in [-0.3, -0.25) is 19.1 Å². The molecule has 6 nitrogen and oxygen atoms in total. The molecule has 0 radical (unpaired) electrons. The van der Waals surface area contributed by atoms with Crippen molar-refractivity contribution in [3.05, 3.63) is 80.0 Å². The summed E-state index contributed by atoms with van der Waals surface area (Å²) >= 11 is 6.03. The molecular weight excluding hydrogens is 366 g/mol. The number of nitrogens with zero attached hydrogens (tertiary/aromatic N) is 1. The van der Waals surface area contributed by atoms with E-state index in [-0.39, 0.29) is 24.9 Å². The number of amides is 1. The van der Waals surface area contributed by atoms with Crippen LogP contribution in [0.15, 0.2) is 58.1 Å². The number of aromatic amines is 1. The number of para-hydroxylation sites is 1. The van der Waals surface area contributed by atoms with Gasteiger partial charge < -0.3 is 5.32 Å². The maximum atomic E-state index is 12.4. The first-order chi connectivity index (χ1) is 13.0. The number of halogens is 1. The van der Waals surface area contributed by atoms with Crippen molar-refractivity contribution in [3.8, 4) is 0 Å². The number of hydrogen-bond donors (Lipinski definition) is 2. The van der Waals surface area contributed by atoms with Crippen LogP contribution in [0, 0.1) is 0 Å². The lowest BCUT2D eigenvalue weighted by Gasteiger charge is -2.18. The molecular formula is C20H20ClN3O3. The number of rotatable bonds is 6. The van der Waals surface area contributed by atoms with Crippen molar-refractivity contribution < 1.29 is 4.79 Å². The third-order valence-electron chi connectivity index (χ3n) is 4.46. The minimum Gasteiger partial charge on any atom is -0.349 e. The standard InChI is InChI=1S/C20H20ClN3O3/c1-2-16(13-6-5-7-14(21)12-13)22-18(25)10-11-24-17-9-4-3-8-15(17)19(26)23-20(24)27/h3-9,12,16H,2,10-11H2,1H3,(H,22,25)(H,23,26,27)/t16-/m0/s1. The Hall–Kier alpha value is -2.86. The zero-order valence-electron chi connectivity index (χ0n) is 14.9. The number of fused-ring (bicyclic) bond motifs is 1. The predicted molar refractivity (Wildman–Crippen MR) is 106 cm³/mol. The number of carbonyl (C=O) groups excluding carboxylic acids is 1. The number of aryl methyl sites for hydroxylation is 1. The minimum atomic E-state index is -0.520. The molecule has 7 heteroatoms. The smallest absolute Gasteiger partial charge is 0.328 e. The molecule has 140 valence electrons. The molecule has 0 aliphatic heterocycles. The molecule has 0 saturated carbocycles. The average molecular weight is 386 g/mol. The summed E-state index contributed by atoms with van der Waals surface area (Å²) in [5.74, 6) is -0.177. The Morgan fingerprint density at radius 1 is 1.19 bits per heavy atom. The molecule has 1 amide bonds. The van der Waals surface area contributed by atoms with Crippen molar-refractivity contribution in [2.45, 2.75) is 32.4 Å². The van der Waals surface area contributed by atoms with Crippen molar-refractivity contribution in [1.29, 1.82) is 0 Å². The molecule has 3 aromatic rings. The van der Waals surface area contributed by atoms with Gasteiger partial charge in [0.15, 0.2) is 0 Å². The summed E-state index contributed by atoms with van der Waals surface area (Å²) in [6.45, 7) is 2.15. The zero-order chi connectivity index (χ0) is 19.4. The van der Waals surface area contributed by atoms with Crippen molar-refractivity contribution in [2.24, 2.45) is 0 Å². The summed E-state index contributed by atoms with van der Waals surface area (Å²) in [6.07, 6.45) is 0.834. The summed E-state index contributed by atoms with van der Waals surface area (Å²) in [5.41, 5.74) is 0.502. The van der Waals surface area contributed by atoms with Gasteiger partial charge in [-0.1, -0.05) is 42.8 Å². The first-order valence-electron chi connectivity index (χ1n) is 8.76. The highest BCUT2D eigenvalue weighted by Crippen LogP contribution is 2.20. The number of benzene rings is 2. The highest BCUT2D eigenvalue weighted by Gasteiger charge is 2.14. The molecule has 0 fully saturated rings. The van der Waals surface area contributed by atoms with Gasteiger partial charge in [0.05, 0.1) is 16.9 Å². The molecule has 1 heterocycles. The van der Waals surface area contributed by atoms with Gasteiger partial charge in [0.2, 0.25) is 5.91 Å². The number of hydrogen-bond acceptors (Lipinski definition) is 3. The van der Waals surface area contributed by atoms with Crippen LogP contribution in [-0.2, 0) is 11.3 Å². The second-order valence-corrected chi connectivity index (χ2v) is 6.70. The van der Waals surface area contributed by atoms with Crippen LogP contribution < -0.4 is 16.6 Å². The van der Waals surface area contributed by atoms with E-state index in [9.17, 15) is 14.4 Å². The van der Waals surface area contributed by atoms with E-state index in [4.69, 9.17) is 11.6 Å². The van der Waals surface area contributed by atoms with Gasteiger partial charge in [-0.05, 0) is 36.2 Å². The summed E-state index contributed by atoms with van der Waals surface area (Å²) in [6, 6.07) is 14.1. The van der Waals surface area contributed by atoms with Crippen LogP contribution in [0.3, 0.4) is 0 Å². The fraction of sp³-hybridized carbons (Fsp3) is 0.250. The molecule has 0 aliphatic rings. The molecule has 0 bridgehead atoms. The van der Waals surface area contributed by atoms with E-state index in [0.29, 0.717) is 22.3 Å². The van der Waals surface area contributed by atoms with Crippen molar-refractivity contribution in [3.63, 3.8) is 0 Å². The van der Waals surface area contributed by atoms with Crippen molar-refractivity contribution in [2.75, 3.05) is 0 Å². The molecule has 0 unspecified atom stereocenters. The fourth-order valence-corrected chi connectivity index (χ4v) is 3.29. The van der Waals surface area contributed by atoms with Crippen LogP contribution in [0.5, 0.6) is 0 Å². The molecule has 0 aliphatic carbocycles. The van der Waals surface area contributed by atoms with Crippen LogP contribution >= 0.6 is 11.6 Å². The maximum absolute atomic E-state index is 12.4. The normalized spacial score (nSPS) is 12.1. The average Bonchev–Trinajstić information content (AvgIpc) is 2.66. The van der Waals surface area contributed by atoms with E-state index in [1.54, 1.807) is 30.3 Å². The van der Waals surface area contributed by atoms with E-state index in [1.165, 1.54) is 4.57 Å². The quantitative estimate of drug-likeness (QED) is 0.684. The van der Waals surface area contributed by atoms with E-state index in [1.807, 2.05) is 25.1 Å². The molecule has 2 aromatic carbocycles. The third kappa shape index (κ3) is 4.28. The van der Waals surface area contributed by atoms with Crippen LogP contribution in [0.2, 0.25) is 5.02 Å². The summed E-state index contributed by atoms with van der Waals surface area (Å²) in [4.78, 5) is 38.8. The Morgan fingerprint density at radius 3 is 2.70 bits per heavy atom. The zero-order valence-corrected chi connectivity index (χ0v) is 15.6. The summed E-state index contributed by atoms with van der Waals surface area (Å²) in [7, 11) is 0. The number of H-pyrrole nitrogens is 1. The molecule has 0 saturated heterocycles. The largest absolute Gasteiger partial charge is 0.349 e. The van der Waals surface area contributed by atoms with E-state index in [0.717, 1.165) is 5.56 Å². The molecule has 0 spiro atoms. The minimum absolute atomic E-state index is 0.118. The van der Waals surface area contributed by atoms with Gasteiger partial charge in [-0.15, -0.1) is 0 Å². The first kappa shape index (κ1) is 18.9. The Labute approximate surface area is 160 Å². The van der Waals surface area contributed by atoms with Gasteiger partial charge in [-0.2, -0.15) is 0 Å². The molecule has 3 rings (SSSR count). The maximum Gasteiger partial charge on any atom is 0.328 e. The van der Waals surface area contributed by atoms with Gasteiger partial charge in [0, 0.05) is 18.0 Å². The van der Waals surface area contributed by atoms with Gasteiger partial charge in [-0.25, -0.2) is 4.79 Å². The van der Waals surface area contributed by atoms with Gasteiger partial charge in [0.25, 0.3) is 5.56 Å². The SMILES string of the molecule is CC[C@H](NC(=O)CCn1c(=O)[nH]c(=O)c2ccccc21)c1cccc(Cl)c1. The lowest BCUT2D eigenvalue weighted by molar-refractivity contribution is -0.122. The second kappa shape index (κ2) is 8.22. The number of aromatic nitrogens is 2. The highest BCUT2D eigenvalue weighted by molar-refractivity contribution is 6.30. The van der Waals surface area contributed by atoms with E-state index in [2.05, 4.69) is 10.3 Å². The fourth-order valence-electron chi connectivity index (χ4n) is 3.09. The third-order valence-corrected chi connectivity index (χ3v) is 4.70. The lowest BCUT2D eigenvalue weighted by atomic mass is 10.0. The Morgan fingerprint density at radius 2 is 1.96 bits per heavy atom. The summed E-state index contributed by atoms with van der Waals surface area (Å²) < 4.78 is 1.41. The van der Waals surface area contributed by atoms with Gasteiger partial charge in [0.1, 0.15) is 0 Å². The number of carbonyl (C=O) groups is 1. The van der Waals surface area contributed by atoms with Crippen molar-refractivity contribution >= 4 is 28.4 Å². The Kier molecular flexibility index (Phi) is 5.76. The first-order valence-corrected chi connectivity index (χ1v) is 9.14. The molecule has 2 N–H and O–H groups in total. The molecule has 1 atom stereocenters. The second-order valence-electron chi connectivity index (χ2n) is 6.26. The highest BCUT2D eigenvalue weighted by atomic mass is 35.5. The van der Waals surface area contributed by atoms with E-state index >= 15 is 0 Å². The lowest BCUT2D eigenvalue weighted by Crippen LogP contribution is -2.33. The Bertz CT molecular complexity index is 1090. The van der Waals surface area contributed by atoms with E-state index < -0.39 is 11.2 Å². The predicted octanol–water partition coefficient (Wildman–Crippen LogP) is 3.00. The van der Waals surface area contributed by atoms with Crippen LogP contribution in [0.4, 0.5) is 0 Å². The van der Waals surface area contributed by atoms with Crippen LogP contribution in [-0.4, -0.2) is 15.5 Å². The number of nitrogens with one attached hydrogen (secondary N) is 2. The monoisotopic (exact) mass is 385 g/mol. The van der Waals surface area contributed by atoms with Crippen LogP contribution in [0.1, 0.15) is 31.4 Å². The Balaban J connectivity index is 1.75. The molecule has 1 aromatic heterocycles. The summed E-state index contributed by atoms with van der Waals surface area (Å²) in [5, 5.41) is 4.01. The topological polar surface area (TPSA) is 84.0 Å². The van der Waals surface area contributed by atoms with Gasteiger partial charge >= 0.3 is 5.69 Å². The van der Waals surface area contributed by atoms with Crippen LogP contribution in [0.25, 0.3) is 10.9 Å².